The average molecular weight is 486 g/mol. The molecule has 0 bridgehead atoms. The lowest BCUT2D eigenvalue weighted by Gasteiger charge is -2.36. The topological polar surface area (TPSA) is 142 Å². The summed E-state index contributed by atoms with van der Waals surface area (Å²) >= 11 is 0. The molecule has 2 saturated heterocycles. The van der Waals surface area contributed by atoms with Crippen LogP contribution in [0.2, 0.25) is 0 Å². The summed E-state index contributed by atoms with van der Waals surface area (Å²) in [5.41, 5.74) is 5.95. The standard InChI is InChI=1S/C24H31N5O6/c1-24(2,35-23(25)34)8-3-9-27-10-12-28(13-11-27)15-4-5-16-17(14-15)22(33)29(21(16)32)18-6-7-19(30)26-20(18)31/h4-5,14,18H,3,6-13H2,1-2H3,(H2,25,34)(H,26,30,31). The van der Waals surface area contributed by atoms with Gasteiger partial charge in [-0.1, -0.05) is 0 Å². The van der Waals surface area contributed by atoms with Crippen LogP contribution in [0.5, 0.6) is 0 Å². The molecule has 0 aromatic heterocycles. The van der Waals surface area contributed by atoms with Gasteiger partial charge in [-0.25, -0.2) is 4.79 Å². The lowest BCUT2D eigenvalue weighted by molar-refractivity contribution is -0.136. The number of piperidine rings is 1. The van der Waals surface area contributed by atoms with Crippen molar-refractivity contribution in [3.05, 3.63) is 29.3 Å². The molecule has 1 aromatic carbocycles. The van der Waals surface area contributed by atoms with E-state index >= 15 is 0 Å². The Morgan fingerprint density at radius 3 is 2.43 bits per heavy atom. The van der Waals surface area contributed by atoms with Crippen molar-refractivity contribution in [2.45, 2.75) is 51.2 Å². The number of rotatable bonds is 7. The first-order valence-electron chi connectivity index (χ1n) is 11.9. The second kappa shape index (κ2) is 9.65. The fourth-order valence-electron chi connectivity index (χ4n) is 4.94. The smallest absolute Gasteiger partial charge is 0.405 e. The number of hydrogen-bond donors (Lipinski definition) is 2. The first-order chi connectivity index (χ1) is 16.6. The minimum atomic E-state index is -0.967. The van der Waals surface area contributed by atoms with Gasteiger partial charge in [0.15, 0.2) is 0 Å². The quantitative estimate of drug-likeness (QED) is 0.542. The second-order valence-corrected chi connectivity index (χ2v) is 9.79. The van der Waals surface area contributed by atoms with Crippen LogP contribution in [-0.4, -0.2) is 83.9 Å². The number of imide groups is 2. The number of nitrogens with two attached hydrogens (primary N) is 1. The third kappa shape index (κ3) is 5.29. The highest BCUT2D eigenvalue weighted by molar-refractivity contribution is 6.23. The van der Waals surface area contributed by atoms with E-state index in [-0.39, 0.29) is 24.0 Å². The summed E-state index contributed by atoms with van der Waals surface area (Å²) in [5.74, 6) is -2.01. The molecule has 11 heteroatoms. The second-order valence-electron chi connectivity index (χ2n) is 9.79. The summed E-state index contributed by atoms with van der Waals surface area (Å²) in [6.45, 7) is 7.76. The number of benzene rings is 1. The van der Waals surface area contributed by atoms with Crippen LogP contribution in [0.3, 0.4) is 0 Å². The molecule has 35 heavy (non-hydrogen) atoms. The van der Waals surface area contributed by atoms with Crippen LogP contribution >= 0.6 is 0 Å². The van der Waals surface area contributed by atoms with Crippen LogP contribution in [0.1, 0.15) is 60.2 Å². The molecule has 0 radical (unpaired) electrons. The summed E-state index contributed by atoms with van der Waals surface area (Å²) in [4.78, 5) is 66.1. The normalized spacial score (nSPS) is 21.3. The van der Waals surface area contributed by atoms with Gasteiger partial charge in [0, 0.05) is 38.3 Å². The molecule has 2 fully saturated rings. The lowest BCUT2D eigenvalue weighted by atomic mass is 10.0. The molecule has 0 spiro atoms. The van der Waals surface area contributed by atoms with Crippen molar-refractivity contribution < 1.29 is 28.7 Å². The van der Waals surface area contributed by atoms with Crippen molar-refractivity contribution in [3.63, 3.8) is 0 Å². The first kappa shape index (κ1) is 24.6. The van der Waals surface area contributed by atoms with Gasteiger partial charge in [-0.15, -0.1) is 0 Å². The fraction of sp³-hybridized carbons (Fsp3) is 0.542. The number of nitrogens with one attached hydrogen (secondary N) is 1. The van der Waals surface area contributed by atoms with E-state index < -0.39 is 41.4 Å². The van der Waals surface area contributed by atoms with Crippen LogP contribution < -0.4 is 16.0 Å². The van der Waals surface area contributed by atoms with Gasteiger partial charge < -0.3 is 15.4 Å². The summed E-state index contributed by atoms with van der Waals surface area (Å²) in [6, 6.07) is 4.23. The van der Waals surface area contributed by atoms with E-state index in [1.165, 1.54) is 0 Å². The number of carbonyl (C=O) groups excluding carboxylic acids is 5. The maximum atomic E-state index is 13.1. The highest BCUT2D eigenvalue weighted by atomic mass is 16.6. The number of amides is 5. The third-order valence-electron chi connectivity index (χ3n) is 6.79. The number of nitrogens with zero attached hydrogens (tertiary/aromatic N) is 3. The molecule has 5 amide bonds. The largest absolute Gasteiger partial charge is 0.444 e. The molecular weight excluding hydrogens is 454 g/mol. The molecule has 3 aliphatic heterocycles. The highest BCUT2D eigenvalue weighted by Crippen LogP contribution is 2.31. The lowest BCUT2D eigenvalue weighted by Crippen LogP contribution is -2.54. The summed E-state index contributed by atoms with van der Waals surface area (Å²) < 4.78 is 5.13. The van der Waals surface area contributed by atoms with Crippen molar-refractivity contribution >= 4 is 35.4 Å². The van der Waals surface area contributed by atoms with Gasteiger partial charge in [0.25, 0.3) is 11.8 Å². The van der Waals surface area contributed by atoms with Crippen molar-refractivity contribution in [2.24, 2.45) is 5.73 Å². The van der Waals surface area contributed by atoms with Gasteiger partial charge in [-0.05, 0) is 57.9 Å². The molecule has 1 aromatic rings. The predicted molar refractivity (Wildman–Crippen MR) is 126 cm³/mol. The molecule has 0 aliphatic carbocycles. The van der Waals surface area contributed by atoms with Crippen LogP contribution in [0.25, 0.3) is 0 Å². The van der Waals surface area contributed by atoms with E-state index in [0.717, 1.165) is 49.7 Å². The van der Waals surface area contributed by atoms with Gasteiger partial charge in [-0.2, -0.15) is 0 Å². The fourth-order valence-corrected chi connectivity index (χ4v) is 4.94. The Morgan fingerprint density at radius 2 is 1.77 bits per heavy atom. The molecule has 0 saturated carbocycles. The zero-order chi connectivity index (χ0) is 25.3. The SMILES string of the molecule is CC(C)(CCCN1CCN(c2ccc3c(c2)C(=O)N(C2CCC(=O)NC2=O)C3=O)CC1)OC(N)=O. The van der Waals surface area contributed by atoms with Crippen molar-refractivity contribution in [3.8, 4) is 0 Å². The maximum absolute atomic E-state index is 13.1. The molecule has 1 unspecified atom stereocenters. The number of piperazine rings is 1. The summed E-state index contributed by atoms with van der Waals surface area (Å²) in [7, 11) is 0. The summed E-state index contributed by atoms with van der Waals surface area (Å²) in [6.07, 6.45) is 1.04. The number of ether oxygens (including phenoxy) is 1. The van der Waals surface area contributed by atoms with E-state index in [1.54, 1.807) is 12.1 Å². The Bertz CT molecular complexity index is 1060. The van der Waals surface area contributed by atoms with Crippen LogP contribution in [0, 0.1) is 0 Å². The van der Waals surface area contributed by atoms with Gasteiger partial charge >= 0.3 is 6.09 Å². The van der Waals surface area contributed by atoms with Gasteiger partial charge in [0.05, 0.1) is 11.1 Å². The minimum Gasteiger partial charge on any atom is -0.444 e. The van der Waals surface area contributed by atoms with Gasteiger partial charge in [0.1, 0.15) is 11.6 Å². The minimum absolute atomic E-state index is 0.0923. The van der Waals surface area contributed by atoms with Gasteiger partial charge in [-0.3, -0.25) is 34.3 Å². The third-order valence-corrected chi connectivity index (χ3v) is 6.79. The molecule has 3 N–H and O–H groups in total. The number of fused-ring (bicyclic) bond motifs is 1. The average Bonchev–Trinajstić information content (AvgIpc) is 3.03. The predicted octanol–water partition coefficient (Wildman–Crippen LogP) is 0.864. The molecular formula is C24H31N5O6. The van der Waals surface area contributed by atoms with Gasteiger partial charge in [0.2, 0.25) is 11.8 Å². The first-order valence-corrected chi connectivity index (χ1v) is 11.9. The number of anilines is 1. The van der Waals surface area contributed by atoms with E-state index in [2.05, 4.69) is 15.1 Å². The van der Waals surface area contributed by atoms with Crippen molar-refractivity contribution in [1.82, 2.24) is 15.1 Å². The molecule has 3 heterocycles. The molecule has 188 valence electrons. The van der Waals surface area contributed by atoms with E-state index in [4.69, 9.17) is 10.5 Å². The zero-order valence-corrected chi connectivity index (χ0v) is 20.0. The van der Waals surface area contributed by atoms with E-state index in [0.29, 0.717) is 6.42 Å². The summed E-state index contributed by atoms with van der Waals surface area (Å²) in [5, 5.41) is 2.21. The van der Waals surface area contributed by atoms with Crippen LogP contribution in [-0.2, 0) is 14.3 Å². The monoisotopic (exact) mass is 485 g/mol. The molecule has 1 atom stereocenters. The molecule has 3 aliphatic rings. The van der Waals surface area contributed by atoms with Crippen molar-refractivity contribution in [2.75, 3.05) is 37.6 Å². The number of primary amides is 1. The Labute approximate surface area is 203 Å². The Balaban J connectivity index is 1.34. The highest BCUT2D eigenvalue weighted by Gasteiger charge is 2.44. The zero-order valence-electron chi connectivity index (χ0n) is 20.0. The maximum Gasteiger partial charge on any atom is 0.405 e. The Kier molecular flexibility index (Phi) is 6.79. The van der Waals surface area contributed by atoms with Crippen LogP contribution in [0.15, 0.2) is 18.2 Å². The van der Waals surface area contributed by atoms with Crippen LogP contribution in [0.4, 0.5) is 10.5 Å². The number of carbonyl (C=O) groups is 5. The van der Waals surface area contributed by atoms with E-state index in [1.807, 2.05) is 19.9 Å². The Morgan fingerprint density at radius 1 is 1.09 bits per heavy atom. The Hall–Kier alpha value is -3.47. The molecule has 4 rings (SSSR count). The van der Waals surface area contributed by atoms with Crippen molar-refractivity contribution in [1.29, 1.82) is 0 Å². The molecule has 11 nitrogen and oxygen atoms in total. The number of hydrogen-bond acceptors (Lipinski definition) is 8. The van der Waals surface area contributed by atoms with E-state index in [9.17, 15) is 24.0 Å².